The van der Waals surface area contributed by atoms with Crippen molar-refractivity contribution in [2.75, 3.05) is 0 Å². The first kappa shape index (κ1) is 15.2. The number of aliphatic hydroxyl groups excluding tert-OH is 1. The molecule has 0 saturated heterocycles. The van der Waals surface area contributed by atoms with E-state index in [4.69, 9.17) is 0 Å². The van der Waals surface area contributed by atoms with Gasteiger partial charge in [-0.2, -0.15) is 0 Å². The molecule has 0 radical (unpaired) electrons. The lowest BCUT2D eigenvalue weighted by molar-refractivity contribution is 0.117. The van der Waals surface area contributed by atoms with Gasteiger partial charge < -0.3 is 10.4 Å². The molecule has 1 aliphatic carbocycles. The lowest BCUT2D eigenvalue weighted by Crippen LogP contribution is -2.37. The number of aliphatic hydroxyl groups is 1. The first-order chi connectivity index (χ1) is 10.8. The number of rotatable bonds is 5. The first-order valence-corrected chi connectivity index (χ1v) is 8.23. The van der Waals surface area contributed by atoms with Gasteiger partial charge in [-0.25, -0.2) is 0 Å². The van der Waals surface area contributed by atoms with E-state index in [0.29, 0.717) is 6.04 Å². The molecule has 116 valence electrons. The van der Waals surface area contributed by atoms with E-state index in [2.05, 4.69) is 10.3 Å². The molecule has 2 atom stereocenters. The van der Waals surface area contributed by atoms with E-state index in [9.17, 15) is 5.11 Å². The minimum Gasteiger partial charge on any atom is -0.386 e. The highest BCUT2D eigenvalue weighted by Crippen LogP contribution is 2.30. The molecule has 2 aromatic rings. The molecule has 0 spiro atoms. The van der Waals surface area contributed by atoms with Crippen LogP contribution in [0.25, 0.3) is 0 Å². The second-order valence-electron chi connectivity index (χ2n) is 6.12. The number of benzene rings is 1. The summed E-state index contributed by atoms with van der Waals surface area (Å²) in [4.78, 5) is 4.22. The maximum atomic E-state index is 10.9. The standard InChI is InChI=1S/C19H24N2O/c22-19(15-8-3-1-4-9-15)18(16-10-7-13-20-14-16)21-17-11-5-2-6-12-17/h1,3-4,7-10,13-14,17-19,21-22H,2,5-6,11-12H2/t18-,19-/m0/s1. The van der Waals surface area contributed by atoms with E-state index in [1.54, 1.807) is 6.20 Å². The van der Waals surface area contributed by atoms with Crippen molar-refractivity contribution in [3.63, 3.8) is 0 Å². The number of hydrogen-bond donors (Lipinski definition) is 2. The molecule has 1 aromatic carbocycles. The summed E-state index contributed by atoms with van der Waals surface area (Å²) in [5.41, 5.74) is 1.99. The fourth-order valence-electron chi connectivity index (χ4n) is 3.30. The lowest BCUT2D eigenvalue weighted by Gasteiger charge is -2.31. The van der Waals surface area contributed by atoms with Crippen molar-refractivity contribution in [1.29, 1.82) is 0 Å². The molecule has 1 fully saturated rings. The minimum atomic E-state index is -0.563. The maximum Gasteiger partial charge on any atom is 0.0985 e. The molecule has 0 aliphatic heterocycles. The van der Waals surface area contributed by atoms with E-state index in [0.717, 1.165) is 11.1 Å². The Kier molecular flexibility index (Phi) is 5.20. The van der Waals surface area contributed by atoms with Crippen LogP contribution in [0.4, 0.5) is 0 Å². The highest BCUT2D eigenvalue weighted by molar-refractivity contribution is 5.24. The van der Waals surface area contributed by atoms with Crippen LogP contribution in [0.1, 0.15) is 55.4 Å². The van der Waals surface area contributed by atoms with Crippen LogP contribution in [0.15, 0.2) is 54.9 Å². The summed E-state index contributed by atoms with van der Waals surface area (Å²) in [6, 6.07) is 14.2. The second-order valence-corrected chi connectivity index (χ2v) is 6.12. The zero-order valence-electron chi connectivity index (χ0n) is 12.9. The number of nitrogens with one attached hydrogen (secondary N) is 1. The van der Waals surface area contributed by atoms with Crippen molar-refractivity contribution in [2.45, 2.75) is 50.3 Å². The molecule has 3 nitrogen and oxygen atoms in total. The van der Waals surface area contributed by atoms with E-state index >= 15 is 0 Å². The topological polar surface area (TPSA) is 45.1 Å². The molecule has 1 aromatic heterocycles. The van der Waals surface area contributed by atoms with Crippen molar-refractivity contribution < 1.29 is 5.11 Å². The van der Waals surface area contributed by atoms with Gasteiger partial charge in [0.25, 0.3) is 0 Å². The van der Waals surface area contributed by atoms with E-state index in [1.165, 1.54) is 32.1 Å². The van der Waals surface area contributed by atoms with Gasteiger partial charge in [-0.15, -0.1) is 0 Å². The second kappa shape index (κ2) is 7.52. The highest BCUT2D eigenvalue weighted by Gasteiger charge is 2.26. The molecule has 0 bridgehead atoms. The van der Waals surface area contributed by atoms with Gasteiger partial charge in [0, 0.05) is 18.4 Å². The Balaban J connectivity index is 1.82. The minimum absolute atomic E-state index is 0.112. The molecule has 22 heavy (non-hydrogen) atoms. The zero-order valence-corrected chi connectivity index (χ0v) is 12.9. The number of aromatic nitrogens is 1. The smallest absolute Gasteiger partial charge is 0.0985 e. The highest BCUT2D eigenvalue weighted by atomic mass is 16.3. The summed E-state index contributed by atoms with van der Waals surface area (Å²) < 4.78 is 0. The van der Waals surface area contributed by atoms with E-state index in [1.807, 2.05) is 48.7 Å². The van der Waals surface area contributed by atoms with Crippen LogP contribution in [-0.4, -0.2) is 16.1 Å². The summed E-state index contributed by atoms with van der Waals surface area (Å²) in [5, 5.41) is 14.6. The molecule has 3 heteroatoms. The SMILES string of the molecule is O[C@@H](c1ccccc1)[C@@H](NC1CCCCC1)c1cccnc1. The van der Waals surface area contributed by atoms with Crippen LogP contribution < -0.4 is 5.32 Å². The summed E-state index contributed by atoms with van der Waals surface area (Å²) in [7, 11) is 0. The first-order valence-electron chi connectivity index (χ1n) is 8.23. The van der Waals surface area contributed by atoms with Gasteiger partial charge in [-0.3, -0.25) is 4.98 Å². The largest absolute Gasteiger partial charge is 0.386 e. The number of hydrogen-bond acceptors (Lipinski definition) is 3. The lowest BCUT2D eigenvalue weighted by atomic mass is 9.91. The third-order valence-electron chi connectivity index (χ3n) is 4.52. The van der Waals surface area contributed by atoms with Crippen LogP contribution in [0.2, 0.25) is 0 Å². The van der Waals surface area contributed by atoms with Crippen LogP contribution >= 0.6 is 0 Å². The Labute approximate surface area is 132 Å². The molecule has 1 aliphatic rings. The Morgan fingerprint density at radius 3 is 2.36 bits per heavy atom. The van der Waals surface area contributed by atoms with Gasteiger partial charge in [0.1, 0.15) is 0 Å². The monoisotopic (exact) mass is 296 g/mol. The van der Waals surface area contributed by atoms with Gasteiger partial charge in [-0.05, 0) is 30.0 Å². The predicted octanol–water partition coefficient (Wildman–Crippen LogP) is 3.78. The maximum absolute atomic E-state index is 10.9. The van der Waals surface area contributed by atoms with Gasteiger partial charge in [0.15, 0.2) is 0 Å². The summed E-state index contributed by atoms with van der Waals surface area (Å²) in [6.07, 6.45) is 9.33. The average molecular weight is 296 g/mol. The van der Waals surface area contributed by atoms with Gasteiger partial charge in [0.05, 0.1) is 12.1 Å². The molecule has 3 rings (SSSR count). The summed E-state index contributed by atoms with van der Waals surface area (Å²) >= 11 is 0. The van der Waals surface area contributed by atoms with Crippen LogP contribution in [-0.2, 0) is 0 Å². The Hall–Kier alpha value is -1.71. The van der Waals surface area contributed by atoms with Crippen molar-refractivity contribution in [1.82, 2.24) is 10.3 Å². The number of nitrogens with zero attached hydrogens (tertiary/aromatic N) is 1. The Bertz CT molecular complexity index is 552. The Morgan fingerprint density at radius 1 is 0.955 bits per heavy atom. The fourth-order valence-corrected chi connectivity index (χ4v) is 3.30. The molecule has 0 unspecified atom stereocenters. The quantitative estimate of drug-likeness (QED) is 0.882. The van der Waals surface area contributed by atoms with Crippen LogP contribution in [0.3, 0.4) is 0 Å². The van der Waals surface area contributed by atoms with Crippen LogP contribution in [0, 0.1) is 0 Å². The third kappa shape index (κ3) is 3.73. The number of pyridine rings is 1. The normalized spacial score (nSPS) is 18.8. The molecule has 0 amide bonds. The average Bonchev–Trinajstić information content (AvgIpc) is 2.61. The van der Waals surface area contributed by atoms with Crippen molar-refractivity contribution in [3.8, 4) is 0 Å². The van der Waals surface area contributed by atoms with Crippen LogP contribution in [0.5, 0.6) is 0 Å². The Morgan fingerprint density at radius 2 is 1.68 bits per heavy atom. The van der Waals surface area contributed by atoms with E-state index in [-0.39, 0.29) is 6.04 Å². The van der Waals surface area contributed by atoms with Crippen molar-refractivity contribution in [3.05, 3.63) is 66.0 Å². The van der Waals surface area contributed by atoms with Crippen molar-refractivity contribution in [2.24, 2.45) is 0 Å². The van der Waals surface area contributed by atoms with Crippen molar-refractivity contribution >= 4 is 0 Å². The molecular formula is C19H24N2O. The predicted molar refractivity (Wildman–Crippen MR) is 88.4 cm³/mol. The third-order valence-corrected chi connectivity index (χ3v) is 4.52. The fraction of sp³-hybridized carbons (Fsp3) is 0.421. The van der Waals surface area contributed by atoms with Gasteiger partial charge in [0.2, 0.25) is 0 Å². The van der Waals surface area contributed by atoms with Gasteiger partial charge >= 0.3 is 0 Å². The molecule has 1 saturated carbocycles. The molecule has 1 heterocycles. The van der Waals surface area contributed by atoms with Gasteiger partial charge in [-0.1, -0.05) is 55.7 Å². The molecular weight excluding hydrogens is 272 g/mol. The summed E-state index contributed by atoms with van der Waals surface area (Å²) in [6.45, 7) is 0. The summed E-state index contributed by atoms with van der Waals surface area (Å²) in [5.74, 6) is 0. The zero-order chi connectivity index (χ0) is 15.2. The van der Waals surface area contributed by atoms with E-state index < -0.39 is 6.10 Å². The molecule has 2 N–H and O–H groups in total.